The highest BCUT2D eigenvalue weighted by molar-refractivity contribution is 7.89. The van der Waals surface area contributed by atoms with E-state index < -0.39 is 16.0 Å². The molecule has 0 aliphatic carbocycles. The van der Waals surface area contributed by atoms with Gasteiger partial charge in [-0.05, 0) is 48.5 Å². The Balaban J connectivity index is 1.68. The Morgan fingerprint density at radius 1 is 1.09 bits per heavy atom. The lowest BCUT2D eigenvalue weighted by atomic mass is 10.1. The maximum atomic E-state index is 12.4. The van der Waals surface area contributed by atoms with Gasteiger partial charge in [-0.25, -0.2) is 18.4 Å². The molecule has 3 aromatic rings. The van der Waals surface area contributed by atoms with Crippen molar-refractivity contribution < 1.29 is 17.9 Å². The standard InChI is InChI=1S/C22H23N3O4S3/c1-2-29-21(26)19-13-17(12-15-6-4-3-5-7-15)31-20(19)25-22(30)24-14-16-8-10-18(11-9-16)32(23,27)28/h3-11,13H,2,12,14H2,1H3,(H2,23,27,28)(H2,24,25,30). The quantitative estimate of drug-likeness (QED) is 0.327. The van der Waals surface area contributed by atoms with E-state index >= 15 is 0 Å². The van der Waals surface area contributed by atoms with E-state index in [1.54, 1.807) is 19.1 Å². The molecule has 1 heterocycles. The van der Waals surface area contributed by atoms with Crippen LogP contribution in [0.15, 0.2) is 65.6 Å². The van der Waals surface area contributed by atoms with Crippen molar-refractivity contribution in [1.82, 2.24) is 5.32 Å². The van der Waals surface area contributed by atoms with Crippen LogP contribution in [0.4, 0.5) is 5.00 Å². The predicted octanol–water partition coefficient (Wildman–Crippen LogP) is 3.65. The number of hydrogen-bond donors (Lipinski definition) is 3. The zero-order chi connectivity index (χ0) is 23.1. The Kier molecular flexibility index (Phi) is 7.97. The average Bonchev–Trinajstić information content (AvgIpc) is 3.15. The summed E-state index contributed by atoms with van der Waals surface area (Å²) in [6, 6.07) is 18.0. The number of benzene rings is 2. The van der Waals surface area contributed by atoms with Gasteiger partial charge in [0.1, 0.15) is 5.00 Å². The summed E-state index contributed by atoms with van der Waals surface area (Å²) in [6.07, 6.45) is 0.691. The molecule has 2 aromatic carbocycles. The topological polar surface area (TPSA) is 111 Å². The van der Waals surface area contributed by atoms with Gasteiger partial charge >= 0.3 is 5.97 Å². The first kappa shape index (κ1) is 23.9. The van der Waals surface area contributed by atoms with Crippen LogP contribution >= 0.6 is 23.6 Å². The van der Waals surface area contributed by atoms with Crippen molar-refractivity contribution in [3.8, 4) is 0 Å². The van der Waals surface area contributed by atoms with Crippen LogP contribution in [0.5, 0.6) is 0 Å². The van der Waals surface area contributed by atoms with Gasteiger partial charge in [0.15, 0.2) is 5.11 Å². The number of esters is 1. The number of thiocarbonyl (C=S) groups is 1. The molecule has 4 N–H and O–H groups in total. The van der Waals surface area contributed by atoms with E-state index in [4.69, 9.17) is 22.1 Å². The van der Waals surface area contributed by atoms with Crippen LogP contribution in [0.3, 0.4) is 0 Å². The van der Waals surface area contributed by atoms with E-state index in [-0.39, 0.29) is 11.5 Å². The summed E-state index contributed by atoms with van der Waals surface area (Å²) in [5, 5.41) is 12.2. The Bertz CT molecular complexity index is 1190. The number of carbonyl (C=O) groups excluding carboxylic acids is 1. The van der Waals surface area contributed by atoms with E-state index in [1.807, 2.05) is 36.4 Å². The van der Waals surface area contributed by atoms with Crippen molar-refractivity contribution in [2.45, 2.75) is 24.8 Å². The molecule has 0 bridgehead atoms. The molecule has 0 fully saturated rings. The average molecular weight is 490 g/mol. The van der Waals surface area contributed by atoms with Gasteiger partial charge in [-0.2, -0.15) is 0 Å². The molecule has 0 radical (unpaired) electrons. The summed E-state index contributed by atoms with van der Waals surface area (Å²) in [6.45, 7) is 2.41. The summed E-state index contributed by atoms with van der Waals surface area (Å²) in [5.74, 6) is -0.410. The van der Waals surface area contributed by atoms with Crippen molar-refractivity contribution in [3.05, 3.63) is 82.2 Å². The third-order valence-corrected chi connectivity index (χ3v) is 6.66. The largest absolute Gasteiger partial charge is 0.462 e. The summed E-state index contributed by atoms with van der Waals surface area (Å²) < 4.78 is 27.9. The minimum absolute atomic E-state index is 0.0468. The number of nitrogens with two attached hydrogens (primary N) is 1. The van der Waals surface area contributed by atoms with Gasteiger partial charge in [0.25, 0.3) is 0 Å². The van der Waals surface area contributed by atoms with Crippen LogP contribution in [0.25, 0.3) is 0 Å². The summed E-state index contributed by atoms with van der Waals surface area (Å²) >= 11 is 6.83. The second-order valence-corrected chi connectivity index (χ2v) is 9.94. The summed E-state index contributed by atoms with van der Waals surface area (Å²) in [4.78, 5) is 13.5. The fourth-order valence-corrected chi connectivity index (χ4v) is 4.74. The van der Waals surface area contributed by atoms with Crippen LogP contribution in [0.1, 0.15) is 33.3 Å². The van der Waals surface area contributed by atoms with E-state index in [0.29, 0.717) is 28.6 Å². The molecular weight excluding hydrogens is 466 g/mol. The van der Waals surface area contributed by atoms with Crippen LogP contribution < -0.4 is 15.8 Å². The molecule has 0 saturated carbocycles. The van der Waals surface area contributed by atoms with Gasteiger partial charge in [0.2, 0.25) is 10.0 Å². The molecule has 3 rings (SSSR count). The third-order valence-electron chi connectivity index (χ3n) is 4.43. The number of carbonyl (C=O) groups is 1. The van der Waals surface area contributed by atoms with E-state index in [2.05, 4.69) is 10.6 Å². The SMILES string of the molecule is CCOC(=O)c1cc(Cc2ccccc2)sc1NC(=S)NCc1ccc(S(N)(=O)=O)cc1. The molecule has 0 aliphatic heterocycles. The van der Waals surface area contributed by atoms with Crippen LogP contribution in [-0.4, -0.2) is 26.1 Å². The minimum atomic E-state index is -3.73. The van der Waals surface area contributed by atoms with Gasteiger partial charge in [0, 0.05) is 17.8 Å². The van der Waals surface area contributed by atoms with Gasteiger partial charge in [-0.3, -0.25) is 0 Å². The zero-order valence-electron chi connectivity index (χ0n) is 17.3. The number of rotatable bonds is 8. The first-order valence-corrected chi connectivity index (χ1v) is 12.5. The maximum Gasteiger partial charge on any atom is 0.341 e. The fourth-order valence-electron chi connectivity index (χ4n) is 2.91. The van der Waals surface area contributed by atoms with Gasteiger partial charge in [0.05, 0.1) is 17.1 Å². The Labute approximate surface area is 196 Å². The molecule has 0 amide bonds. The second kappa shape index (κ2) is 10.7. The van der Waals surface area contributed by atoms with E-state index in [1.165, 1.54) is 23.5 Å². The lowest BCUT2D eigenvalue weighted by Gasteiger charge is -2.11. The van der Waals surface area contributed by atoms with Gasteiger partial charge in [-0.1, -0.05) is 42.5 Å². The summed E-state index contributed by atoms with van der Waals surface area (Å²) in [7, 11) is -3.73. The van der Waals surface area contributed by atoms with Crippen LogP contribution in [0.2, 0.25) is 0 Å². The number of nitrogens with one attached hydrogen (secondary N) is 2. The predicted molar refractivity (Wildman–Crippen MR) is 130 cm³/mol. The number of thiophene rings is 1. The van der Waals surface area contributed by atoms with Crippen molar-refractivity contribution in [2.75, 3.05) is 11.9 Å². The van der Waals surface area contributed by atoms with Crippen LogP contribution in [-0.2, 0) is 27.7 Å². The highest BCUT2D eigenvalue weighted by atomic mass is 32.2. The Morgan fingerprint density at radius 3 is 2.41 bits per heavy atom. The van der Waals surface area contributed by atoms with Crippen molar-refractivity contribution in [1.29, 1.82) is 0 Å². The Hall–Kier alpha value is -2.79. The minimum Gasteiger partial charge on any atom is -0.462 e. The molecule has 7 nitrogen and oxygen atoms in total. The van der Waals surface area contributed by atoms with Crippen molar-refractivity contribution >= 4 is 49.7 Å². The molecule has 0 atom stereocenters. The number of primary sulfonamides is 1. The molecule has 168 valence electrons. The number of anilines is 1. The number of sulfonamides is 1. The molecule has 32 heavy (non-hydrogen) atoms. The van der Waals surface area contributed by atoms with E-state index in [0.717, 1.165) is 16.0 Å². The number of hydrogen-bond acceptors (Lipinski definition) is 6. The lowest BCUT2D eigenvalue weighted by molar-refractivity contribution is 0.0528. The molecule has 0 saturated heterocycles. The van der Waals surface area contributed by atoms with Gasteiger partial charge < -0.3 is 15.4 Å². The Morgan fingerprint density at radius 2 is 1.78 bits per heavy atom. The fraction of sp³-hybridized carbons (Fsp3) is 0.182. The monoisotopic (exact) mass is 489 g/mol. The van der Waals surface area contributed by atoms with Crippen molar-refractivity contribution in [3.63, 3.8) is 0 Å². The molecule has 10 heteroatoms. The lowest BCUT2D eigenvalue weighted by Crippen LogP contribution is -2.28. The molecule has 1 aromatic heterocycles. The number of ether oxygens (including phenoxy) is 1. The maximum absolute atomic E-state index is 12.4. The van der Waals surface area contributed by atoms with E-state index in [9.17, 15) is 13.2 Å². The second-order valence-electron chi connectivity index (χ2n) is 6.83. The first-order chi connectivity index (χ1) is 15.3. The highest BCUT2D eigenvalue weighted by Crippen LogP contribution is 2.30. The molecular formula is C22H23N3O4S3. The first-order valence-electron chi connectivity index (χ1n) is 9.76. The molecule has 0 spiro atoms. The third kappa shape index (κ3) is 6.60. The normalized spacial score (nSPS) is 11.1. The zero-order valence-corrected chi connectivity index (χ0v) is 19.8. The molecule has 0 unspecified atom stereocenters. The van der Waals surface area contributed by atoms with Crippen LogP contribution in [0, 0.1) is 0 Å². The highest BCUT2D eigenvalue weighted by Gasteiger charge is 2.18. The summed E-state index contributed by atoms with van der Waals surface area (Å²) in [5.41, 5.74) is 2.40. The van der Waals surface area contributed by atoms with Gasteiger partial charge in [-0.15, -0.1) is 11.3 Å². The van der Waals surface area contributed by atoms with Crippen molar-refractivity contribution in [2.24, 2.45) is 5.14 Å². The smallest absolute Gasteiger partial charge is 0.341 e. The molecule has 0 aliphatic rings.